The van der Waals surface area contributed by atoms with E-state index < -0.39 is 11.5 Å². The number of fused-ring (bicyclic) bond motifs is 1. The van der Waals surface area contributed by atoms with Gasteiger partial charge in [-0.1, -0.05) is 0 Å². The molecule has 0 spiro atoms. The van der Waals surface area contributed by atoms with Crippen molar-refractivity contribution in [3.8, 4) is 5.75 Å². The first kappa shape index (κ1) is 17.9. The van der Waals surface area contributed by atoms with Crippen LogP contribution in [-0.2, 0) is 10.3 Å². The number of aryl methyl sites for hydroxylation is 1. The van der Waals surface area contributed by atoms with Gasteiger partial charge in [0.1, 0.15) is 5.75 Å². The number of carboxylic acid groups (broad SMARTS) is 1. The molecule has 8 heteroatoms. The number of carbonyl (C=O) groups is 2. The van der Waals surface area contributed by atoms with Crippen molar-refractivity contribution >= 4 is 39.0 Å². The third kappa shape index (κ3) is 3.03. The van der Waals surface area contributed by atoms with Crippen molar-refractivity contribution in [2.75, 3.05) is 12.4 Å². The standard InChI is InChI=1S/C18H19N3O4S/c1-10-13-7-12(25-4)5-6-14(13)26-15(10)16(22)20-11-8-19-21(9-11)18(2,3)17(23)24/h5-9H,1-4H3,(H,20,22)(H,23,24). The number of carbonyl (C=O) groups excluding carboxylic acids is 1. The number of aromatic nitrogens is 2. The zero-order chi connectivity index (χ0) is 19.1. The number of thiophene rings is 1. The Labute approximate surface area is 154 Å². The van der Waals surface area contributed by atoms with Gasteiger partial charge in [0.25, 0.3) is 5.91 Å². The highest BCUT2D eigenvalue weighted by atomic mass is 32.1. The van der Waals surface area contributed by atoms with Crippen LogP contribution in [0.25, 0.3) is 10.1 Å². The predicted octanol–water partition coefficient (Wildman–Crippen LogP) is 3.49. The third-order valence-corrected chi connectivity index (χ3v) is 5.56. The number of benzene rings is 1. The van der Waals surface area contributed by atoms with E-state index in [0.717, 1.165) is 21.4 Å². The fourth-order valence-corrected chi connectivity index (χ4v) is 3.61. The molecule has 0 radical (unpaired) electrons. The Balaban J connectivity index is 1.87. The Morgan fingerprint density at radius 3 is 2.73 bits per heavy atom. The summed E-state index contributed by atoms with van der Waals surface area (Å²) in [5.74, 6) is -0.523. The van der Waals surface area contributed by atoms with Crippen molar-refractivity contribution < 1.29 is 19.4 Å². The molecule has 0 bridgehead atoms. The average molecular weight is 373 g/mol. The molecular weight excluding hydrogens is 354 g/mol. The van der Waals surface area contributed by atoms with Crippen molar-refractivity contribution in [3.05, 3.63) is 41.0 Å². The Morgan fingerprint density at radius 2 is 2.08 bits per heavy atom. The monoisotopic (exact) mass is 373 g/mol. The van der Waals surface area contributed by atoms with E-state index in [1.165, 1.54) is 42.3 Å². The van der Waals surface area contributed by atoms with Crippen molar-refractivity contribution in [3.63, 3.8) is 0 Å². The maximum Gasteiger partial charge on any atom is 0.331 e. The van der Waals surface area contributed by atoms with Crippen LogP contribution in [0, 0.1) is 6.92 Å². The van der Waals surface area contributed by atoms with Gasteiger partial charge in [-0.05, 0) is 49.9 Å². The van der Waals surface area contributed by atoms with Gasteiger partial charge < -0.3 is 15.2 Å². The van der Waals surface area contributed by atoms with Gasteiger partial charge in [-0.2, -0.15) is 5.10 Å². The van der Waals surface area contributed by atoms with E-state index in [1.807, 2.05) is 25.1 Å². The van der Waals surface area contributed by atoms with Gasteiger partial charge in [0, 0.05) is 10.9 Å². The lowest BCUT2D eigenvalue weighted by molar-refractivity contribution is -0.146. The molecule has 0 atom stereocenters. The molecule has 26 heavy (non-hydrogen) atoms. The van der Waals surface area contributed by atoms with Crippen LogP contribution in [0.5, 0.6) is 5.75 Å². The van der Waals surface area contributed by atoms with E-state index in [0.29, 0.717) is 10.6 Å². The molecule has 0 aliphatic rings. The zero-order valence-electron chi connectivity index (χ0n) is 14.9. The molecule has 2 N–H and O–H groups in total. The summed E-state index contributed by atoms with van der Waals surface area (Å²) in [5.41, 5.74) is 0.117. The molecule has 0 saturated heterocycles. The van der Waals surface area contributed by atoms with Crippen molar-refractivity contribution in [2.24, 2.45) is 0 Å². The van der Waals surface area contributed by atoms with Gasteiger partial charge in [-0.3, -0.25) is 9.48 Å². The number of amides is 1. The lowest BCUT2D eigenvalue weighted by Gasteiger charge is -2.19. The fourth-order valence-electron chi connectivity index (χ4n) is 2.52. The molecule has 0 aliphatic heterocycles. The molecule has 3 aromatic rings. The number of rotatable bonds is 5. The van der Waals surface area contributed by atoms with Crippen LogP contribution >= 0.6 is 11.3 Å². The number of aliphatic carboxylic acids is 1. The number of nitrogens with zero attached hydrogens (tertiary/aromatic N) is 2. The zero-order valence-corrected chi connectivity index (χ0v) is 15.7. The summed E-state index contributed by atoms with van der Waals surface area (Å²) in [6.07, 6.45) is 2.95. The van der Waals surface area contributed by atoms with Gasteiger partial charge in [-0.25, -0.2) is 4.79 Å². The van der Waals surface area contributed by atoms with E-state index in [2.05, 4.69) is 10.4 Å². The quantitative estimate of drug-likeness (QED) is 0.714. The molecule has 3 rings (SSSR count). The summed E-state index contributed by atoms with van der Waals surface area (Å²) in [6.45, 7) is 4.97. The first-order valence-corrected chi connectivity index (χ1v) is 8.72. The Morgan fingerprint density at radius 1 is 1.35 bits per heavy atom. The highest BCUT2D eigenvalue weighted by Crippen LogP contribution is 2.33. The number of methoxy groups -OCH3 is 1. The SMILES string of the molecule is COc1ccc2sc(C(=O)Nc3cnn(C(C)(C)C(=O)O)c3)c(C)c2c1. The first-order valence-electron chi connectivity index (χ1n) is 7.91. The lowest BCUT2D eigenvalue weighted by atomic mass is 10.1. The molecular formula is C18H19N3O4S. The van der Waals surface area contributed by atoms with Crippen molar-refractivity contribution in [1.29, 1.82) is 0 Å². The third-order valence-electron chi connectivity index (χ3n) is 4.29. The molecule has 7 nitrogen and oxygen atoms in total. The summed E-state index contributed by atoms with van der Waals surface area (Å²) in [7, 11) is 1.60. The van der Waals surface area contributed by atoms with Gasteiger partial charge in [0.15, 0.2) is 5.54 Å². The maximum absolute atomic E-state index is 12.7. The van der Waals surface area contributed by atoms with E-state index in [-0.39, 0.29) is 5.91 Å². The normalized spacial score (nSPS) is 11.5. The summed E-state index contributed by atoms with van der Waals surface area (Å²) in [6, 6.07) is 5.69. The molecule has 0 saturated carbocycles. The van der Waals surface area contributed by atoms with Crippen LogP contribution in [-0.4, -0.2) is 33.9 Å². The first-order chi connectivity index (χ1) is 12.2. The fraction of sp³-hybridized carbons (Fsp3) is 0.278. The van der Waals surface area contributed by atoms with Crippen LogP contribution in [0.3, 0.4) is 0 Å². The minimum Gasteiger partial charge on any atom is -0.497 e. The van der Waals surface area contributed by atoms with Gasteiger partial charge in [-0.15, -0.1) is 11.3 Å². The highest BCUT2D eigenvalue weighted by molar-refractivity contribution is 7.21. The Bertz CT molecular complexity index is 1000. The molecule has 1 amide bonds. The van der Waals surface area contributed by atoms with Crippen molar-refractivity contribution in [2.45, 2.75) is 26.3 Å². The number of hydrogen-bond acceptors (Lipinski definition) is 5. The lowest BCUT2D eigenvalue weighted by Crippen LogP contribution is -2.35. The van der Waals surface area contributed by atoms with Gasteiger partial charge in [0.2, 0.25) is 0 Å². The summed E-state index contributed by atoms with van der Waals surface area (Å²) in [5, 5.41) is 17.1. The number of anilines is 1. The second-order valence-electron chi connectivity index (χ2n) is 6.41. The Hall–Kier alpha value is -2.87. The van der Waals surface area contributed by atoms with Crippen LogP contribution in [0.4, 0.5) is 5.69 Å². The minimum atomic E-state index is -1.20. The molecule has 0 fully saturated rings. The molecule has 1 aromatic carbocycles. The summed E-state index contributed by atoms with van der Waals surface area (Å²) < 4.78 is 7.55. The second kappa shape index (κ2) is 6.45. The summed E-state index contributed by atoms with van der Waals surface area (Å²) in [4.78, 5) is 24.6. The highest BCUT2D eigenvalue weighted by Gasteiger charge is 2.30. The van der Waals surface area contributed by atoms with E-state index in [4.69, 9.17) is 4.74 Å². The number of nitrogens with one attached hydrogen (secondary N) is 1. The number of hydrogen-bond donors (Lipinski definition) is 2. The van der Waals surface area contributed by atoms with Gasteiger partial charge >= 0.3 is 5.97 Å². The molecule has 136 valence electrons. The van der Waals surface area contributed by atoms with Gasteiger partial charge in [0.05, 0.1) is 23.9 Å². The van der Waals surface area contributed by atoms with E-state index in [1.54, 1.807) is 7.11 Å². The maximum atomic E-state index is 12.7. The van der Waals surface area contributed by atoms with E-state index >= 15 is 0 Å². The second-order valence-corrected chi connectivity index (χ2v) is 7.46. The van der Waals surface area contributed by atoms with Crippen molar-refractivity contribution in [1.82, 2.24) is 9.78 Å². The molecule has 2 heterocycles. The number of carboxylic acids is 1. The van der Waals surface area contributed by atoms with Crippen LogP contribution in [0.1, 0.15) is 29.1 Å². The topological polar surface area (TPSA) is 93.5 Å². The van der Waals surface area contributed by atoms with E-state index in [9.17, 15) is 14.7 Å². The average Bonchev–Trinajstić information content (AvgIpc) is 3.19. The van der Waals surface area contributed by atoms with Crippen LogP contribution in [0.15, 0.2) is 30.6 Å². The minimum absolute atomic E-state index is 0.254. The molecule has 0 unspecified atom stereocenters. The predicted molar refractivity (Wildman–Crippen MR) is 100 cm³/mol. The van der Waals surface area contributed by atoms with Crippen LogP contribution in [0.2, 0.25) is 0 Å². The van der Waals surface area contributed by atoms with Crippen LogP contribution < -0.4 is 10.1 Å². The Kier molecular flexibility index (Phi) is 4.45. The molecule has 2 aromatic heterocycles. The summed E-state index contributed by atoms with van der Waals surface area (Å²) >= 11 is 1.40. The number of ether oxygens (including phenoxy) is 1. The molecule has 0 aliphatic carbocycles. The smallest absolute Gasteiger partial charge is 0.331 e. The largest absolute Gasteiger partial charge is 0.497 e.